The highest BCUT2D eigenvalue weighted by Crippen LogP contribution is 2.63. The Labute approximate surface area is 120 Å². The summed E-state index contributed by atoms with van der Waals surface area (Å²) < 4.78 is -0.980. The zero-order valence-electron chi connectivity index (χ0n) is 10.2. The maximum absolute atomic E-state index is 12.0. The van der Waals surface area contributed by atoms with E-state index in [1.165, 1.54) is 11.3 Å². The largest absolute Gasteiger partial charge is 0.383 e. The van der Waals surface area contributed by atoms with E-state index >= 15 is 0 Å². The molecule has 1 aromatic rings. The molecular weight excluding hydrogens is 293 g/mol. The van der Waals surface area contributed by atoms with Crippen molar-refractivity contribution in [3.05, 3.63) is 22.4 Å². The third-order valence-electron chi connectivity index (χ3n) is 3.40. The van der Waals surface area contributed by atoms with Crippen molar-refractivity contribution in [3.8, 4) is 0 Å². The van der Waals surface area contributed by atoms with Gasteiger partial charge in [0, 0.05) is 4.88 Å². The van der Waals surface area contributed by atoms with Crippen molar-refractivity contribution in [3.63, 3.8) is 0 Å². The number of amides is 1. The lowest BCUT2D eigenvalue weighted by molar-refractivity contribution is -0.127. The van der Waals surface area contributed by atoms with Gasteiger partial charge < -0.3 is 10.4 Å². The van der Waals surface area contributed by atoms with Crippen LogP contribution in [0, 0.1) is 5.41 Å². The van der Waals surface area contributed by atoms with Gasteiger partial charge in [-0.1, -0.05) is 6.07 Å². The second-order valence-corrected chi connectivity index (χ2v) is 7.58. The predicted molar refractivity (Wildman–Crippen MR) is 74.1 cm³/mol. The van der Waals surface area contributed by atoms with Gasteiger partial charge in [0.1, 0.15) is 9.93 Å². The van der Waals surface area contributed by atoms with Gasteiger partial charge in [0.2, 0.25) is 5.91 Å². The minimum absolute atomic E-state index is 0.145. The number of hydrogen-bond acceptors (Lipinski definition) is 3. The van der Waals surface area contributed by atoms with Crippen LogP contribution in [-0.2, 0) is 10.4 Å². The fourth-order valence-electron chi connectivity index (χ4n) is 1.77. The van der Waals surface area contributed by atoms with E-state index < -0.39 is 15.3 Å². The topological polar surface area (TPSA) is 49.3 Å². The average molecular weight is 308 g/mol. The van der Waals surface area contributed by atoms with Crippen molar-refractivity contribution in [2.24, 2.45) is 5.41 Å². The molecule has 1 saturated carbocycles. The van der Waals surface area contributed by atoms with Crippen molar-refractivity contribution in [2.45, 2.75) is 30.2 Å². The highest BCUT2D eigenvalue weighted by molar-refractivity contribution is 7.10. The number of thiophene rings is 1. The molecule has 0 aromatic carbocycles. The molecule has 1 heterocycles. The van der Waals surface area contributed by atoms with Gasteiger partial charge in [0.05, 0.1) is 12.0 Å². The Kier molecular flexibility index (Phi) is 3.43. The van der Waals surface area contributed by atoms with Crippen molar-refractivity contribution in [2.75, 3.05) is 6.54 Å². The predicted octanol–water partition coefficient (Wildman–Crippen LogP) is 2.66. The maximum atomic E-state index is 12.0. The van der Waals surface area contributed by atoms with Crippen LogP contribution >= 0.6 is 34.5 Å². The van der Waals surface area contributed by atoms with Gasteiger partial charge in [0.25, 0.3) is 0 Å². The Hall–Kier alpha value is -0.290. The fraction of sp³-hybridized carbons (Fsp3) is 0.583. The van der Waals surface area contributed by atoms with Gasteiger partial charge in [-0.3, -0.25) is 4.79 Å². The third kappa shape index (κ3) is 2.39. The molecule has 2 rings (SSSR count). The van der Waals surface area contributed by atoms with E-state index in [-0.39, 0.29) is 12.5 Å². The van der Waals surface area contributed by atoms with Gasteiger partial charge in [0.15, 0.2) is 0 Å². The van der Waals surface area contributed by atoms with Crippen molar-refractivity contribution in [1.29, 1.82) is 0 Å². The molecule has 0 radical (unpaired) electrons. The summed E-state index contributed by atoms with van der Waals surface area (Å²) in [5.41, 5.74) is -1.82. The van der Waals surface area contributed by atoms with E-state index in [2.05, 4.69) is 5.32 Å². The molecule has 0 saturated heterocycles. The number of halogens is 2. The molecule has 1 fully saturated rings. The second-order valence-electron chi connectivity index (χ2n) is 5.15. The lowest BCUT2D eigenvalue weighted by Gasteiger charge is -2.23. The highest BCUT2D eigenvalue weighted by atomic mass is 35.5. The first-order valence-corrected chi connectivity index (χ1v) is 7.25. The Morgan fingerprint density at radius 1 is 1.67 bits per heavy atom. The summed E-state index contributed by atoms with van der Waals surface area (Å²) in [6.07, 6.45) is 0.441. The summed E-state index contributed by atoms with van der Waals surface area (Å²) in [5.74, 6) is -0.218. The lowest BCUT2D eigenvalue weighted by Crippen LogP contribution is -2.42. The van der Waals surface area contributed by atoms with E-state index in [9.17, 15) is 9.90 Å². The minimum atomic E-state index is -1.07. The molecule has 3 nitrogen and oxygen atoms in total. The van der Waals surface area contributed by atoms with Crippen LogP contribution in [0.1, 0.15) is 25.1 Å². The molecule has 1 amide bonds. The molecule has 6 heteroatoms. The Morgan fingerprint density at radius 3 is 2.72 bits per heavy atom. The Morgan fingerprint density at radius 2 is 2.28 bits per heavy atom. The summed E-state index contributed by atoms with van der Waals surface area (Å²) in [6.45, 7) is 3.54. The smallest absolute Gasteiger partial charge is 0.229 e. The highest BCUT2D eigenvalue weighted by Gasteiger charge is 2.67. The summed E-state index contributed by atoms with van der Waals surface area (Å²) in [6, 6.07) is 3.70. The molecule has 2 unspecified atom stereocenters. The van der Waals surface area contributed by atoms with E-state index in [1.54, 1.807) is 13.8 Å². The van der Waals surface area contributed by atoms with Crippen molar-refractivity contribution >= 4 is 40.4 Å². The van der Waals surface area contributed by atoms with Gasteiger partial charge in [-0.05, 0) is 31.7 Å². The number of rotatable bonds is 4. The summed E-state index contributed by atoms with van der Waals surface area (Å²) in [7, 11) is 0. The SMILES string of the molecule is CC(O)(CNC(=O)C1(C)CC1(Cl)Cl)c1cccs1. The number of nitrogens with one attached hydrogen (secondary N) is 1. The van der Waals surface area contributed by atoms with Crippen LogP contribution in [0.25, 0.3) is 0 Å². The number of hydrogen-bond donors (Lipinski definition) is 2. The molecule has 0 bridgehead atoms. The zero-order chi connectivity index (χ0) is 13.6. The van der Waals surface area contributed by atoms with E-state index in [4.69, 9.17) is 23.2 Å². The molecule has 100 valence electrons. The molecule has 0 spiro atoms. The van der Waals surface area contributed by atoms with Crippen LogP contribution in [0.15, 0.2) is 17.5 Å². The van der Waals surface area contributed by atoms with Gasteiger partial charge in [-0.25, -0.2) is 0 Å². The average Bonchev–Trinajstić information content (AvgIpc) is 2.74. The molecule has 2 N–H and O–H groups in total. The first kappa shape index (κ1) is 14.1. The Bertz CT molecular complexity index is 459. The van der Waals surface area contributed by atoms with Crippen LogP contribution in [0.5, 0.6) is 0 Å². The standard InChI is InChI=1S/C12H15Cl2NO2S/c1-10(6-12(10,13)14)9(16)15-7-11(2,17)8-4-3-5-18-8/h3-5,17H,6-7H2,1-2H3,(H,15,16). The molecule has 1 aliphatic carbocycles. The van der Waals surface area contributed by atoms with Crippen LogP contribution in [-0.4, -0.2) is 21.9 Å². The van der Waals surface area contributed by atoms with Crippen LogP contribution < -0.4 is 5.32 Å². The lowest BCUT2D eigenvalue weighted by atomic mass is 10.0. The van der Waals surface area contributed by atoms with E-state index in [1.807, 2.05) is 17.5 Å². The number of carbonyl (C=O) groups is 1. The third-order valence-corrected chi connectivity index (χ3v) is 5.63. The van der Waals surface area contributed by atoms with Crippen LogP contribution in [0.2, 0.25) is 0 Å². The molecular formula is C12H15Cl2NO2S. The van der Waals surface area contributed by atoms with E-state index in [0.717, 1.165) is 4.88 Å². The first-order valence-electron chi connectivity index (χ1n) is 5.62. The monoisotopic (exact) mass is 307 g/mol. The Balaban J connectivity index is 1.95. The van der Waals surface area contributed by atoms with Crippen LogP contribution in [0.3, 0.4) is 0 Å². The minimum Gasteiger partial charge on any atom is -0.383 e. The van der Waals surface area contributed by atoms with Crippen molar-refractivity contribution < 1.29 is 9.90 Å². The number of alkyl halides is 2. The molecule has 18 heavy (non-hydrogen) atoms. The summed E-state index contributed by atoms with van der Waals surface area (Å²) >= 11 is 13.3. The van der Waals surface area contributed by atoms with Crippen LogP contribution in [0.4, 0.5) is 0 Å². The quantitative estimate of drug-likeness (QED) is 0.840. The maximum Gasteiger partial charge on any atom is 0.229 e. The zero-order valence-corrected chi connectivity index (χ0v) is 12.5. The first-order chi connectivity index (χ1) is 8.19. The fourth-order valence-corrected chi connectivity index (χ4v) is 3.26. The van der Waals surface area contributed by atoms with Crippen molar-refractivity contribution in [1.82, 2.24) is 5.32 Å². The summed E-state index contributed by atoms with van der Waals surface area (Å²) in [4.78, 5) is 12.8. The molecule has 1 aliphatic rings. The normalized spacial score (nSPS) is 28.5. The summed E-state index contributed by atoms with van der Waals surface area (Å²) in [5, 5.41) is 14.9. The van der Waals surface area contributed by atoms with Gasteiger partial charge >= 0.3 is 0 Å². The van der Waals surface area contributed by atoms with Gasteiger partial charge in [-0.15, -0.1) is 34.5 Å². The van der Waals surface area contributed by atoms with E-state index in [0.29, 0.717) is 6.42 Å². The molecule has 2 atom stereocenters. The number of aliphatic hydroxyl groups is 1. The molecule has 1 aromatic heterocycles. The van der Waals surface area contributed by atoms with Gasteiger partial charge in [-0.2, -0.15) is 0 Å². The second kappa shape index (κ2) is 4.37. The number of carbonyl (C=O) groups excluding carboxylic acids is 1. The molecule has 0 aliphatic heterocycles.